The quantitative estimate of drug-likeness (QED) is 0.199. The van der Waals surface area contributed by atoms with Gasteiger partial charge in [0.05, 0.1) is 5.82 Å². The molecule has 1 amide bonds. The van der Waals surface area contributed by atoms with E-state index in [0.29, 0.717) is 12.1 Å². The molecule has 118 valence electrons. The van der Waals surface area contributed by atoms with Crippen LogP contribution in [0.3, 0.4) is 0 Å². The largest absolute Gasteiger partial charge is 0.402 e. The molecule has 0 rings (SSSR count). The van der Waals surface area contributed by atoms with Crippen molar-refractivity contribution in [3.05, 3.63) is 35.6 Å². The van der Waals surface area contributed by atoms with Gasteiger partial charge in [-0.3, -0.25) is 4.79 Å². The molecule has 1 unspecified atom stereocenters. The van der Waals surface area contributed by atoms with Crippen molar-refractivity contribution in [2.75, 3.05) is 13.6 Å². The maximum atomic E-state index is 13.6. The molecule has 0 aliphatic rings. The van der Waals surface area contributed by atoms with Crippen LogP contribution in [0.5, 0.6) is 0 Å². The Morgan fingerprint density at radius 3 is 2.57 bits per heavy atom. The molecule has 0 saturated carbocycles. The lowest BCUT2D eigenvalue weighted by molar-refractivity contribution is -0.117. The van der Waals surface area contributed by atoms with Gasteiger partial charge in [0.25, 0.3) is 5.91 Å². The van der Waals surface area contributed by atoms with Gasteiger partial charge in [0.15, 0.2) is 5.70 Å². The van der Waals surface area contributed by atoms with Gasteiger partial charge in [0.2, 0.25) is 0 Å². The van der Waals surface area contributed by atoms with Gasteiger partial charge in [-0.05, 0) is 25.0 Å². The number of nitrogens with zero attached hydrogens (tertiary/aromatic N) is 1. The third-order valence-corrected chi connectivity index (χ3v) is 2.39. The Hall–Kier alpha value is -2.58. The zero-order valence-electron chi connectivity index (χ0n) is 11.9. The third kappa shape index (κ3) is 9.03. The predicted molar refractivity (Wildman–Crippen MR) is 78.2 cm³/mol. The molecule has 0 aromatic carbocycles. The van der Waals surface area contributed by atoms with E-state index in [1.165, 1.54) is 25.4 Å². The molecular formula is C12H22FN7O. The van der Waals surface area contributed by atoms with Crippen LogP contribution in [0.15, 0.2) is 40.7 Å². The second kappa shape index (κ2) is 10.2. The van der Waals surface area contributed by atoms with E-state index in [0.717, 1.165) is 0 Å². The molecular weight excluding hydrogens is 277 g/mol. The van der Waals surface area contributed by atoms with Crippen molar-refractivity contribution in [3.8, 4) is 0 Å². The van der Waals surface area contributed by atoms with E-state index in [1.54, 1.807) is 0 Å². The van der Waals surface area contributed by atoms with Crippen molar-refractivity contribution in [3.63, 3.8) is 0 Å². The van der Waals surface area contributed by atoms with Gasteiger partial charge in [-0.25, -0.2) is 9.92 Å². The maximum absolute atomic E-state index is 13.6. The Kier molecular flexibility index (Phi) is 8.98. The average molecular weight is 299 g/mol. The molecule has 9 heteroatoms. The molecule has 0 spiro atoms. The van der Waals surface area contributed by atoms with Gasteiger partial charge in [0, 0.05) is 25.5 Å². The van der Waals surface area contributed by atoms with E-state index < -0.39 is 12.1 Å². The van der Waals surface area contributed by atoms with Crippen molar-refractivity contribution in [2.24, 2.45) is 22.3 Å². The summed E-state index contributed by atoms with van der Waals surface area (Å²) in [6.45, 7) is -0.0157. The molecule has 0 aliphatic carbocycles. The van der Waals surface area contributed by atoms with E-state index in [2.05, 4.69) is 15.7 Å². The molecule has 0 aliphatic heterocycles. The Balaban J connectivity index is 4.16. The number of amides is 1. The second-order valence-corrected chi connectivity index (χ2v) is 4.17. The number of rotatable bonds is 9. The highest BCUT2D eigenvalue weighted by Gasteiger charge is 2.08. The fourth-order valence-electron chi connectivity index (χ4n) is 1.27. The van der Waals surface area contributed by atoms with Crippen LogP contribution in [-0.4, -0.2) is 25.7 Å². The molecule has 0 aromatic rings. The van der Waals surface area contributed by atoms with Crippen molar-refractivity contribution < 1.29 is 9.18 Å². The SMILES string of the molecule is CNC(=O)/C(=C/NCC(F)CC/C(N)=C/C=C(N)N)N=N. The van der Waals surface area contributed by atoms with Crippen LogP contribution >= 0.6 is 0 Å². The second-order valence-electron chi connectivity index (χ2n) is 4.17. The van der Waals surface area contributed by atoms with Gasteiger partial charge in [-0.15, -0.1) is 0 Å². The minimum Gasteiger partial charge on any atom is -0.402 e. The molecule has 0 aromatic heterocycles. The van der Waals surface area contributed by atoms with Crippen molar-refractivity contribution >= 4 is 5.91 Å². The smallest absolute Gasteiger partial charge is 0.273 e. The van der Waals surface area contributed by atoms with Crippen LogP contribution in [0.25, 0.3) is 0 Å². The Labute approximate surface area is 122 Å². The highest BCUT2D eigenvalue weighted by atomic mass is 19.1. The van der Waals surface area contributed by atoms with Crippen molar-refractivity contribution in [1.82, 2.24) is 10.6 Å². The number of hydrogen-bond donors (Lipinski definition) is 6. The summed E-state index contributed by atoms with van der Waals surface area (Å²) < 4.78 is 13.6. The van der Waals surface area contributed by atoms with E-state index in [1.807, 2.05) is 0 Å². The van der Waals surface area contributed by atoms with E-state index >= 15 is 0 Å². The summed E-state index contributed by atoms with van der Waals surface area (Å²) in [7, 11) is 1.41. The van der Waals surface area contributed by atoms with E-state index in [9.17, 15) is 9.18 Å². The summed E-state index contributed by atoms with van der Waals surface area (Å²) in [5, 5.41) is 7.94. The summed E-state index contributed by atoms with van der Waals surface area (Å²) >= 11 is 0. The highest BCUT2D eigenvalue weighted by molar-refractivity contribution is 5.92. The zero-order valence-corrected chi connectivity index (χ0v) is 11.9. The first-order chi connectivity index (χ1) is 9.90. The number of nitrogens with two attached hydrogens (primary N) is 3. The monoisotopic (exact) mass is 299 g/mol. The molecule has 0 heterocycles. The van der Waals surface area contributed by atoms with E-state index in [4.69, 9.17) is 22.7 Å². The van der Waals surface area contributed by atoms with Crippen LogP contribution in [0.1, 0.15) is 12.8 Å². The summed E-state index contributed by atoms with van der Waals surface area (Å²) in [4.78, 5) is 11.2. The number of likely N-dealkylation sites (N-methyl/N-ethyl adjacent to an activating group) is 1. The number of halogens is 1. The van der Waals surface area contributed by atoms with Crippen LogP contribution in [-0.2, 0) is 4.79 Å². The van der Waals surface area contributed by atoms with Gasteiger partial charge in [-0.1, -0.05) is 0 Å². The number of hydrogen-bond acceptors (Lipinski definition) is 7. The van der Waals surface area contributed by atoms with Crippen LogP contribution in [0.4, 0.5) is 4.39 Å². The molecule has 1 atom stereocenters. The van der Waals surface area contributed by atoms with E-state index in [-0.39, 0.29) is 24.5 Å². The molecule has 21 heavy (non-hydrogen) atoms. The van der Waals surface area contributed by atoms with Crippen LogP contribution in [0.2, 0.25) is 0 Å². The van der Waals surface area contributed by atoms with Crippen LogP contribution in [0, 0.1) is 5.53 Å². The van der Waals surface area contributed by atoms with Gasteiger partial charge in [0.1, 0.15) is 6.17 Å². The number of alkyl halides is 1. The topological polar surface area (TPSA) is 155 Å². The standard InChI is InChI=1S/C12H22FN7O/c1-18-12(21)10(20-17)7-19-6-8(13)2-3-9(14)4-5-11(15)16/h4-5,7-8,17,19H,2-3,6,14-16H2,1H3,(H,18,21)/b9-4-,10-7-,20-17?. The lowest BCUT2D eigenvalue weighted by atomic mass is 10.1. The first-order valence-electron chi connectivity index (χ1n) is 6.25. The molecule has 0 fully saturated rings. The Morgan fingerprint density at radius 1 is 1.38 bits per heavy atom. The molecule has 9 N–H and O–H groups in total. The summed E-state index contributed by atoms with van der Waals surface area (Å²) in [6.07, 6.45) is 3.54. The Bertz CT molecular complexity index is 441. The molecule has 8 nitrogen and oxygen atoms in total. The predicted octanol–water partition coefficient (Wildman–Crippen LogP) is -0.0859. The lowest BCUT2D eigenvalue weighted by Gasteiger charge is -2.08. The number of nitrogens with one attached hydrogen (secondary N) is 3. The fourth-order valence-corrected chi connectivity index (χ4v) is 1.27. The van der Waals surface area contributed by atoms with Gasteiger partial charge >= 0.3 is 0 Å². The van der Waals surface area contributed by atoms with Crippen molar-refractivity contribution in [2.45, 2.75) is 19.0 Å². The van der Waals surface area contributed by atoms with Crippen LogP contribution < -0.4 is 27.8 Å². The lowest BCUT2D eigenvalue weighted by Crippen LogP contribution is -2.24. The fraction of sp³-hybridized carbons (Fsp3) is 0.417. The molecule has 0 radical (unpaired) electrons. The normalized spacial score (nSPS) is 13.2. The minimum atomic E-state index is -1.16. The summed E-state index contributed by atoms with van der Waals surface area (Å²) in [5.41, 5.74) is 23.2. The van der Waals surface area contributed by atoms with Crippen molar-refractivity contribution in [1.29, 1.82) is 5.53 Å². The summed E-state index contributed by atoms with van der Waals surface area (Å²) in [5.74, 6) is -0.395. The average Bonchev–Trinajstić information content (AvgIpc) is 2.46. The third-order valence-electron chi connectivity index (χ3n) is 2.39. The maximum Gasteiger partial charge on any atom is 0.273 e. The highest BCUT2D eigenvalue weighted by Crippen LogP contribution is 2.06. The Morgan fingerprint density at radius 2 is 2.05 bits per heavy atom. The first-order valence-corrected chi connectivity index (χ1v) is 6.25. The van der Waals surface area contributed by atoms with Gasteiger partial charge < -0.3 is 27.8 Å². The number of carbonyl (C=O) groups is 1. The minimum absolute atomic E-state index is 0.0157. The number of allylic oxidation sites excluding steroid dienone is 3. The first kappa shape index (κ1) is 18.4. The molecule has 0 saturated heterocycles. The van der Waals surface area contributed by atoms with Gasteiger partial charge in [-0.2, -0.15) is 5.11 Å². The molecule has 0 bridgehead atoms. The number of carbonyl (C=O) groups excluding carboxylic acids is 1. The summed E-state index contributed by atoms with van der Waals surface area (Å²) in [6, 6.07) is 0. The zero-order chi connectivity index (χ0) is 16.3.